The van der Waals surface area contributed by atoms with Crippen molar-refractivity contribution in [3.63, 3.8) is 0 Å². The SMILES string of the molecule is CCOC(=O)NS(=O)(=O)Nc1ccc(C#CCN)cc1F. The van der Waals surface area contributed by atoms with Gasteiger partial charge < -0.3 is 10.5 Å². The van der Waals surface area contributed by atoms with Gasteiger partial charge >= 0.3 is 16.3 Å². The van der Waals surface area contributed by atoms with Gasteiger partial charge in [-0.2, -0.15) is 8.42 Å². The quantitative estimate of drug-likeness (QED) is 0.702. The van der Waals surface area contributed by atoms with Gasteiger partial charge in [-0.3, -0.25) is 4.72 Å². The average Bonchev–Trinajstić information content (AvgIpc) is 2.38. The molecule has 0 aliphatic carbocycles. The fourth-order valence-corrected chi connectivity index (χ4v) is 2.05. The summed E-state index contributed by atoms with van der Waals surface area (Å²) < 4.78 is 44.7. The van der Waals surface area contributed by atoms with E-state index in [4.69, 9.17) is 5.73 Å². The molecule has 9 heteroatoms. The first-order valence-corrected chi connectivity index (χ1v) is 7.32. The third-order valence-corrected chi connectivity index (χ3v) is 2.97. The van der Waals surface area contributed by atoms with Crippen LogP contribution in [0.3, 0.4) is 0 Å². The van der Waals surface area contributed by atoms with Crippen molar-refractivity contribution < 1.29 is 22.3 Å². The molecule has 1 rings (SSSR count). The van der Waals surface area contributed by atoms with Crippen molar-refractivity contribution in [2.75, 3.05) is 17.9 Å². The number of nitrogens with two attached hydrogens (primary N) is 1. The van der Waals surface area contributed by atoms with Gasteiger partial charge in [0.1, 0.15) is 5.82 Å². The number of ether oxygens (including phenoxy) is 1. The zero-order chi connectivity index (χ0) is 15.9. The summed E-state index contributed by atoms with van der Waals surface area (Å²) in [4.78, 5) is 11.0. The van der Waals surface area contributed by atoms with Crippen molar-refractivity contribution in [2.24, 2.45) is 5.73 Å². The van der Waals surface area contributed by atoms with E-state index in [2.05, 4.69) is 16.6 Å². The molecule has 0 atom stereocenters. The third-order valence-electron chi connectivity index (χ3n) is 2.04. The van der Waals surface area contributed by atoms with E-state index >= 15 is 0 Å². The van der Waals surface area contributed by atoms with Crippen molar-refractivity contribution in [2.45, 2.75) is 6.92 Å². The Bertz CT molecular complexity index is 679. The summed E-state index contributed by atoms with van der Waals surface area (Å²) in [7, 11) is -4.28. The second-order valence-electron chi connectivity index (χ2n) is 3.63. The normalized spacial score (nSPS) is 10.2. The number of carbonyl (C=O) groups is 1. The lowest BCUT2D eigenvalue weighted by atomic mass is 10.2. The van der Waals surface area contributed by atoms with Gasteiger partial charge in [0.2, 0.25) is 0 Å². The van der Waals surface area contributed by atoms with Crippen LogP contribution < -0.4 is 15.2 Å². The molecule has 1 amide bonds. The van der Waals surface area contributed by atoms with E-state index in [-0.39, 0.29) is 18.8 Å². The second kappa shape index (κ2) is 7.47. The highest BCUT2D eigenvalue weighted by Crippen LogP contribution is 2.16. The highest BCUT2D eigenvalue weighted by Gasteiger charge is 2.16. The summed E-state index contributed by atoms with van der Waals surface area (Å²) in [6.07, 6.45) is -1.16. The first-order valence-electron chi connectivity index (χ1n) is 5.83. The molecule has 1 aromatic carbocycles. The fraction of sp³-hybridized carbons (Fsp3) is 0.250. The number of hydrogen-bond acceptors (Lipinski definition) is 5. The van der Waals surface area contributed by atoms with Crippen LogP contribution in [0.25, 0.3) is 0 Å². The standard InChI is InChI=1S/C12H14FN3O4S/c1-2-20-12(17)16-21(18,19)15-11-6-5-9(4-3-7-14)8-10(11)13/h5-6,8,15H,2,7,14H2,1H3,(H,16,17). The smallest absolute Gasteiger partial charge is 0.422 e. The van der Waals surface area contributed by atoms with E-state index in [9.17, 15) is 17.6 Å². The Morgan fingerprint density at radius 1 is 1.48 bits per heavy atom. The number of hydrogen-bond donors (Lipinski definition) is 3. The summed E-state index contributed by atoms with van der Waals surface area (Å²) in [5.41, 5.74) is 5.21. The Morgan fingerprint density at radius 2 is 2.19 bits per heavy atom. The molecule has 0 fully saturated rings. The molecule has 0 saturated heterocycles. The van der Waals surface area contributed by atoms with Crippen molar-refractivity contribution in [3.05, 3.63) is 29.6 Å². The molecule has 114 valence electrons. The second-order valence-corrected chi connectivity index (χ2v) is 5.04. The Balaban J connectivity index is 2.85. The van der Waals surface area contributed by atoms with Crippen LogP contribution in [0.5, 0.6) is 0 Å². The maximum Gasteiger partial charge on any atom is 0.422 e. The zero-order valence-electron chi connectivity index (χ0n) is 11.1. The Hall–Kier alpha value is -2.31. The Labute approximate surface area is 121 Å². The van der Waals surface area contributed by atoms with Gasteiger partial charge in [-0.25, -0.2) is 13.9 Å². The molecule has 0 saturated carbocycles. The van der Waals surface area contributed by atoms with Gasteiger partial charge in [0.15, 0.2) is 0 Å². The minimum Gasteiger partial charge on any atom is -0.449 e. The Kier molecular flexibility index (Phi) is 5.95. The summed E-state index contributed by atoms with van der Waals surface area (Å²) in [5, 5.41) is 0. The van der Waals surface area contributed by atoms with E-state index in [0.29, 0.717) is 5.56 Å². The number of carbonyl (C=O) groups excluding carboxylic acids is 1. The molecule has 1 aromatic rings. The van der Waals surface area contributed by atoms with Crippen molar-refractivity contribution in [1.29, 1.82) is 0 Å². The monoisotopic (exact) mass is 315 g/mol. The lowest BCUT2D eigenvalue weighted by Crippen LogP contribution is -2.35. The Morgan fingerprint density at radius 3 is 2.76 bits per heavy atom. The van der Waals surface area contributed by atoms with Gasteiger partial charge in [0, 0.05) is 5.56 Å². The number of benzene rings is 1. The van der Waals surface area contributed by atoms with Crippen LogP contribution in [0.15, 0.2) is 18.2 Å². The minimum absolute atomic E-state index is 0.00419. The molecular formula is C12H14FN3O4S. The number of amides is 1. The summed E-state index contributed by atoms with van der Waals surface area (Å²) in [6.45, 7) is 1.64. The maximum atomic E-state index is 13.7. The highest BCUT2D eigenvalue weighted by atomic mass is 32.2. The van der Waals surface area contributed by atoms with E-state index < -0.39 is 22.1 Å². The first-order chi connectivity index (χ1) is 9.88. The molecule has 0 spiro atoms. The number of anilines is 1. The average molecular weight is 315 g/mol. The topological polar surface area (TPSA) is 111 Å². The molecule has 7 nitrogen and oxygen atoms in total. The molecule has 0 heterocycles. The van der Waals surface area contributed by atoms with Crippen LogP contribution in [0, 0.1) is 17.7 Å². The van der Waals surface area contributed by atoms with Gasteiger partial charge in [-0.1, -0.05) is 11.8 Å². The number of rotatable bonds is 4. The zero-order valence-corrected chi connectivity index (χ0v) is 12.0. The predicted molar refractivity (Wildman–Crippen MR) is 75.0 cm³/mol. The van der Waals surface area contributed by atoms with Crippen LogP contribution in [-0.2, 0) is 14.9 Å². The van der Waals surface area contributed by atoms with Gasteiger partial charge in [0.05, 0.1) is 18.8 Å². The van der Waals surface area contributed by atoms with Gasteiger partial charge in [-0.15, -0.1) is 0 Å². The summed E-state index contributed by atoms with van der Waals surface area (Å²) in [5.74, 6) is 4.30. The molecule has 0 radical (unpaired) electrons. The molecule has 0 bridgehead atoms. The lowest BCUT2D eigenvalue weighted by molar-refractivity contribution is 0.159. The fourth-order valence-electron chi connectivity index (χ4n) is 1.27. The molecule has 0 aliphatic rings. The maximum absolute atomic E-state index is 13.7. The number of nitrogens with one attached hydrogen (secondary N) is 2. The van der Waals surface area contributed by atoms with E-state index in [1.807, 2.05) is 4.72 Å². The summed E-state index contributed by atoms with van der Waals surface area (Å²) >= 11 is 0. The molecule has 0 aliphatic heterocycles. The van der Waals surface area contributed by atoms with Crippen molar-refractivity contribution in [1.82, 2.24) is 4.72 Å². The number of halogens is 1. The largest absolute Gasteiger partial charge is 0.449 e. The lowest BCUT2D eigenvalue weighted by Gasteiger charge is -2.10. The summed E-state index contributed by atoms with van der Waals surface area (Å²) in [6, 6.07) is 3.64. The molecule has 4 N–H and O–H groups in total. The predicted octanol–water partition coefficient (Wildman–Crippen LogP) is 0.539. The molecule has 0 unspecified atom stereocenters. The minimum atomic E-state index is -4.28. The molecule has 21 heavy (non-hydrogen) atoms. The van der Waals surface area contributed by atoms with E-state index in [1.165, 1.54) is 19.1 Å². The molecule has 0 aromatic heterocycles. The van der Waals surface area contributed by atoms with Crippen LogP contribution in [0.4, 0.5) is 14.9 Å². The molecular weight excluding hydrogens is 301 g/mol. The highest BCUT2D eigenvalue weighted by molar-refractivity contribution is 7.91. The van der Waals surface area contributed by atoms with Crippen molar-refractivity contribution in [3.8, 4) is 11.8 Å². The third kappa shape index (κ3) is 5.68. The van der Waals surface area contributed by atoms with Crippen LogP contribution >= 0.6 is 0 Å². The van der Waals surface area contributed by atoms with E-state index in [1.54, 1.807) is 4.72 Å². The van der Waals surface area contributed by atoms with Crippen LogP contribution in [-0.4, -0.2) is 27.7 Å². The van der Waals surface area contributed by atoms with E-state index in [0.717, 1.165) is 6.07 Å². The van der Waals surface area contributed by atoms with Gasteiger partial charge in [0.25, 0.3) is 0 Å². The van der Waals surface area contributed by atoms with Crippen LogP contribution in [0.2, 0.25) is 0 Å². The van der Waals surface area contributed by atoms with Gasteiger partial charge in [-0.05, 0) is 25.1 Å². The first kappa shape index (κ1) is 16.7. The van der Waals surface area contributed by atoms with Crippen LogP contribution in [0.1, 0.15) is 12.5 Å². The van der Waals surface area contributed by atoms with Crippen molar-refractivity contribution >= 4 is 22.0 Å².